The number of amides is 3. The highest BCUT2D eigenvalue weighted by atomic mass is 19.1. The number of cyclic esters (lactones) is 1. The van der Waals surface area contributed by atoms with E-state index in [9.17, 15) is 14.4 Å². The summed E-state index contributed by atoms with van der Waals surface area (Å²) >= 11 is 0. The maximum absolute atomic E-state index is 15.1. The average molecular weight is 496 g/mol. The Morgan fingerprint density at radius 1 is 1.14 bits per heavy atom. The molecular formula is C23H31F2N5O5. The summed E-state index contributed by atoms with van der Waals surface area (Å²) in [4.78, 5) is 44.2. The molecule has 35 heavy (non-hydrogen) atoms. The van der Waals surface area contributed by atoms with Gasteiger partial charge in [-0.1, -0.05) is 0 Å². The number of Topliss-reactive ketones (excluding diaryl/α,β-unsaturated/α-hetero) is 1. The van der Waals surface area contributed by atoms with E-state index in [2.05, 4.69) is 10.6 Å². The molecule has 0 bridgehead atoms. The second-order valence-corrected chi connectivity index (χ2v) is 9.01. The van der Waals surface area contributed by atoms with Gasteiger partial charge in [-0.15, -0.1) is 0 Å². The van der Waals surface area contributed by atoms with Gasteiger partial charge in [-0.05, 0) is 39.3 Å². The SMILES string of the molecule is CC(=O)CC[C@H]1CN(c2cc(F)c(N3CCON(C(=O)NC4CCNCC4)CC3)c(F)c2)C(=O)O1. The smallest absolute Gasteiger partial charge is 0.414 e. The average Bonchev–Trinajstić information content (AvgIpc) is 3.02. The number of hydroxylamine groups is 2. The van der Waals surface area contributed by atoms with Crippen LogP contribution in [0.1, 0.15) is 32.6 Å². The Balaban J connectivity index is 1.39. The van der Waals surface area contributed by atoms with Gasteiger partial charge in [0.15, 0.2) is 11.6 Å². The van der Waals surface area contributed by atoms with Crippen molar-refractivity contribution in [2.24, 2.45) is 0 Å². The summed E-state index contributed by atoms with van der Waals surface area (Å²) in [5.41, 5.74) is -0.188. The van der Waals surface area contributed by atoms with Gasteiger partial charge in [-0.25, -0.2) is 23.4 Å². The van der Waals surface area contributed by atoms with Gasteiger partial charge in [0.05, 0.1) is 25.4 Å². The van der Waals surface area contributed by atoms with Crippen LogP contribution in [0.3, 0.4) is 0 Å². The number of rotatable bonds is 6. The zero-order valence-corrected chi connectivity index (χ0v) is 19.7. The number of urea groups is 1. The molecular weight excluding hydrogens is 464 g/mol. The molecule has 3 heterocycles. The molecule has 1 aromatic rings. The van der Waals surface area contributed by atoms with Crippen molar-refractivity contribution < 1.29 is 32.7 Å². The molecule has 0 radical (unpaired) electrons. The first-order valence-electron chi connectivity index (χ1n) is 11.9. The number of ether oxygens (including phenoxy) is 1. The molecule has 3 saturated heterocycles. The van der Waals surface area contributed by atoms with Crippen molar-refractivity contribution in [1.82, 2.24) is 15.7 Å². The van der Waals surface area contributed by atoms with E-state index in [1.54, 1.807) is 0 Å². The third-order valence-electron chi connectivity index (χ3n) is 6.40. The van der Waals surface area contributed by atoms with Gasteiger partial charge in [0.2, 0.25) is 0 Å². The molecule has 0 aromatic heterocycles. The van der Waals surface area contributed by atoms with Crippen LogP contribution in [0.5, 0.6) is 0 Å². The van der Waals surface area contributed by atoms with Crippen LogP contribution >= 0.6 is 0 Å². The molecule has 192 valence electrons. The van der Waals surface area contributed by atoms with E-state index in [1.807, 2.05) is 0 Å². The standard InChI is InChI=1S/C23H31F2N5O5/c1-15(31)2-3-18-14-29(23(33)35-18)17-12-19(24)21(20(25)13-17)28-8-9-30(34-11-10-28)22(32)27-16-4-6-26-7-5-16/h12-13,16,18,26H,2-11,14H2,1H3,(H,27,32)/t18-/m0/s1. The number of anilines is 2. The van der Waals surface area contributed by atoms with Crippen LogP contribution in [-0.2, 0) is 14.4 Å². The van der Waals surface area contributed by atoms with E-state index < -0.39 is 23.8 Å². The number of hydrogen-bond donors (Lipinski definition) is 2. The molecule has 3 aliphatic heterocycles. The molecule has 10 nitrogen and oxygen atoms in total. The van der Waals surface area contributed by atoms with Crippen LogP contribution in [0, 0.1) is 11.6 Å². The molecule has 4 rings (SSSR count). The first-order valence-corrected chi connectivity index (χ1v) is 11.9. The second-order valence-electron chi connectivity index (χ2n) is 9.01. The predicted octanol–water partition coefficient (Wildman–Crippen LogP) is 2.17. The lowest BCUT2D eigenvalue weighted by molar-refractivity contribution is -0.117. The van der Waals surface area contributed by atoms with Crippen molar-refractivity contribution in [2.45, 2.75) is 44.8 Å². The number of halogens is 2. The van der Waals surface area contributed by atoms with E-state index >= 15 is 8.78 Å². The van der Waals surface area contributed by atoms with Crippen molar-refractivity contribution in [1.29, 1.82) is 0 Å². The minimum Gasteiger partial charge on any atom is -0.444 e. The van der Waals surface area contributed by atoms with Gasteiger partial charge in [0.25, 0.3) is 0 Å². The Morgan fingerprint density at radius 2 is 1.86 bits per heavy atom. The third-order valence-corrected chi connectivity index (χ3v) is 6.40. The zero-order chi connectivity index (χ0) is 24.9. The lowest BCUT2D eigenvalue weighted by Gasteiger charge is -2.27. The lowest BCUT2D eigenvalue weighted by Crippen LogP contribution is -2.49. The Labute approximate surface area is 202 Å². The van der Waals surface area contributed by atoms with Gasteiger partial charge in [0, 0.05) is 37.7 Å². The highest BCUT2D eigenvalue weighted by Crippen LogP contribution is 2.32. The summed E-state index contributed by atoms with van der Waals surface area (Å²) in [6, 6.07) is 1.90. The van der Waals surface area contributed by atoms with Crippen LogP contribution in [0.15, 0.2) is 12.1 Å². The molecule has 2 N–H and O–H groups in total. The fourth-order valence-electron chi connectivity index (χ4n) is 4.50. The molecule has 0 spiro atoms. The van der Waals surface area contributed by atoms with Crippen molar-refractivity contribution in [3.05, 3.63) is 23.8 Å². The lowest BCUT2D eigenvalue weighted by atomic mass is 10.1. The summed E-state index contributed by atoms with van der Waals surface area (Å²) in [7, 11) is 0. The maximum atomic E-state index is 15.1. The Hall–Kier alpha value is -2.99. The molecule has 0 unspecified atom stereocenters. The highest BCUT2D eigenvalue weighted by molar-refractivity contribution is 5.90. The van der Waals surface area contributed by atoms with Crippen LogP contribution in [0.25, 0.3) is 0 Å². The van der Waals surface area contributed by atoms with E-state index in [1.165, 1.54) is 21.8 Å². The molecule has 0 saturated carbocycles. The number of benzene rings is 1. The number of ketones is 1. The summed E-state index contributed by atoms with van der Waals surface area (Å²) < 4.78 is 35.4. The third kappa shape index (κ3) is 6.17. The van der Waals surface area contributed by atoms with Crippen LogP contribution in [-0.4, -0.2) is 81.0 Å². The van der Waals surface area contributed by atoms with Gasteiger partial charge >= 0.3 is 12.1 Å². The molecule has 1 atom stereocenters. The van der Waals surface area contributed by atoms with Crippen molar-refractivity contribution >= 4 is 29.3 Å². The van der Waals surface area contributed by atoms with E-state index in [4.69, 9.17) is 9.57 Å². The normalized spacial score (nSPS) is 21.6. The second kappa shape index (κ2) is 11.2. The van der Waals surface area contributed by atoms with Crippen LogP contribution in [0.4, 0.5) is 29.7 Å². The molecule has 12 heteroatoms. The quantitative estimate of drug-likeness (QED) is 0.624. The predicted molar refractivity (Wildman–Crippen MR) is 123 cm³/mol. The number of piperidine rings is 1. The van der Waals surface area contributed by atoms with E-state index in [0.29, 0.717) is 6.42 Å². The zero-order valence-electron chi connectivity index (χ0n) is 19.7. The first-order chi connectivity index (χ1) is 16.8. The first kappa shape index (κ1) is 25.1. The van der Waals surface area contributed by atoms with Crippen molar-refractivity contribution in [3.8, 4) is 0 Å². The molecule has 3 fully saturated rings. The fourth-order valence-corrected chi connectivity index (χ4v) is 4.50. The number of nitrogens with zero attached hydrogens (tertiary/aromatic N) is 3. The van der Waals surface area contributed by atoms with Crippen LogP contribution < -0.4 is 20.4 Å². The van der Waals surface area contributed by atoms with Crippen molar-refractivity contribution in [2.75, 3.05) is 55.7 Å². The number of carbonyl (C=O) groups is 3. The monoisotopic (exact) mass is 495 g/mol. The topological polar surface area (TPSA) is 103 Å². The molecule has 3 amide bonds. The molecule has 0 aliphatic carbocycles. The summed E-state index contributed by atoms with van der Waals surface area (Å²) in [5, 5.41) is 7.38. The van der Waals surface area contributed by atoms with Crippen LogP contribution in [0.2, 0.25) is 0 Å². The maximum Gasteiger partial charge on any atom is 0.414 e. The summed E-state index contributed by atoms with van der Waals surface area (Å²) in [5.74, 6) is -1.68. The highest BCUT2D eigenvalue weighted by Gasteiger charge is 2.34. The van der Waals surface area contributed by atoms with E-state index in [-0.39, 0.29) is 68.4 Å². The fraction of sp³-hybridized carbons (Fsp3) is 0.609. The number of hydrogen-bond acceptors (Lipinski definition) is 7. The summed E-state index contributed by atoms with van der Waals surface area (Å²) in [6.45, 7) is 3.80. The van der Waals surface area contributed by atoms with Gasteiger partial charge in [-0.3, -0.25) is 9.74 Å². The van der Waals surface area contributed by atoms with Gasteiger partial charge in [0.1, 0.15) is 17.6 Å². The van der Waals surface area contributed by atoms with Crippen molar-refractivity contribution in [3.63, 3.8) is 0 Å². The number of nitrogens with one attached hydrogen (secondary N) is 2. The summed E-state index contributed by atoms with van der Waals surface area (Å²) in [6.07, 6.45) is 1.06. The molecule has 1 aromatic carbocycles. The Morgan fingerprint density at radius 3 is 2.54 bits per heavy atom. The van der Waals surface area contributed by atoms with Gasteiger partial charge < -0.3 is 25.1 Å². The van der Waals surface area contributed by atoms with E-state index in [0.717, 1.165) is 38.1 Å². The minimum absolute atomic E-state index is 0.0234. The number of carbonyl (C=O) groups excluding carboxylic acids is 3. The van der Waals surface area contributed by atoms with Gasteiger partial charge in [-0.2, -0.15) is 0 Å². The Bertz CT molecular complexity index is 935. The molecule has 3 aliphatic rings. The largest absolute Gasteiger partial charge is 0.444 e. The Kier molecular flexibility index (Phi) is 8.01. The minimum atomic E-state index is -0.826.